The quantitative estimate of drug-likeness (QED) is 0.192. The van der Waals surface area contributed by atoms with Crippen LogP contribution in [0.3, 0.4) is 0 Å². The molecular weight excluding hydrogens is 570 g/mol. The van der Waals surface area contributed by atoms with E-state index in [2.05, 4.69) is 5.32 Å². The Labute approximate surface area is 237 Å². The van der Waals surface area contributed by atoms with Crippen molar-refractivity contribution in [3.05, 3.63) is 110 Å². The maximum atomic E-state index is 13.2. The number of hydrogen-bond donors (Lipinski definition) is 1. The lowest BCUT2D eigenvalue weighted by atomic mass is 10.1. The molecule has 38 heavy (non-hydrogen) atoms. The van der Waals surface area contributed by atoms with Gasteiger partial charge in [0.1, 0.15) is 12.2 Å². The van der Waals surface area contributed by atoms with E-state index in [1.807, 2.05) is 42.5 Å². The van der Waals surface area contributed by atoms with Crippen LogP contribution < -0.4 is 15.0 Å². The molecule has 0 atom stereocenters. The van der Waals surface area contributed by atoms with Gasteiger partial charge in [-0.05, 0) is 58.3 Å². The Balaban J connectivity index is 1.42. The van der Waals surface area contributed by atoms with Crippen LogP contribution in [0.1, 0.15) is 11.1 Å². The van der Waals surface area contributed by atoms with Gasteiger partial charge in [0.15, 0.2) is 5.75 Å². The van der Waals surface area contributed by atoms with Gasteiger partial charge in [0.2, 0.25) is 0 Å². The fourth-order valence-corrected chi connectivity index (χ4v) is 4.96. The third kappa shape index (κ3) is 5.08. The first kappa shape index (κ1) is 26.1. The van der Waals surface area contributed by atoms with Crippen molar-refractivity contribution < 1.29 is 19.1 Å². The molecule has 5 rings (SSSR count). The van der Waals surface area contributed by atoms with E-state index in [0.29, 0.717) is 5.56 Å². The number of ether oxygens (including phenoxy) is 1. The molecule has 1 N–H and O–H groups in total. The van der Waals surface area contributed by atoms with Crippen LogP contribution in [0.4, 0.5) is 10.5 Å². The van der Waals surface area contributed by atoms with Crippen LogP contribution in [0.15, 0.2) is 78.4 Å². The van der Waals surface area contributed by atoms with Crippen molar-refractivity contribution in [1.29, 1.82) is 0 Å². The van der Waals surface area contributed by atoms with Gasteiger partial charge >= 0.3 is 6.03 Å². The highest BCUT2D eigenvalue weighted by atomic mass is 35.5. The highest BCUT2D eigenvalue weighted by molar-refractivity contribution is 6.43. The fourth-order valence-electron chi connectivity index (χ4n) is 4.05. The SMILES string of the molecule is O=C1NC(=O)N(c2ccc(Cl)c(Cl)c2)C(=O)/C1=C/c1cc(Cl)c(OCc2cccc3ccccc23)c(Cl)c1. The van der Waals surface area contributed by atoms with Crippen molar-refractivity contribution >= 4 is 86.8 Å². The first-order valence-electron chi connectivity index (χ1n) is 11.2. The van der Waals surface area contributed by atoms with E-state index in [1.165, 1.54) is 36.4 Å². The van der Waals surface area contributed by atoms with E-state index >= 15 is 0 Å². The average Bonchev–Trinajstić information content (AvgIpc) is 2.88. The van der Waals surface area contributed by atoms with Gasteiger partial charge in [-0.25, -0.2) is 9.69 Å². The molecule has 4 amide bonds. The highest BCUT2D eigenvalue weighted by Gasteiger charge is 2.37. The molecule has 10 heteroatoms. The third-order valence-corrected chi connectivity index (χ3v) is 7.15. The summed E-state index contributed by atoms with van der Waals surface area (Å²) in [5.41, 5.74) is 1.16. The number of fused-ring (bicyclic) bond motifs is 1. The Morgan fingerprint density at radius 3 is 2.24 bits per heavy atom. The second-order valence-electron chi connectivity index (χ2n) is 8.30. The second-order valence-corrected chi connectivity index (χ2v) is 9.93. The predicted octanol–water partition coefficient (Wildman–Crippen LogP) is 7.70. The molecule has 1 aliphatic rings. The summed E-state index contributed by atoms with van der Waals surface area (Å²) >= 11 is 24.9. The third-order valence-electron chi connectivity index (χ3n) is 5.85. The number of anilines is 1. The molecule has 1 aliphatic heterocycles. The topological polar surface area (TPSA) is 75.7 Å². The summed E-state index contributed by atoms with van der Waals surface area (Å²) in [7, 11) is 0. The van der Waals surface area contributed by atoms with E-state index in [1.54, 1.807) is 0 Å². The van der Waals surface area contributed by atoms with Gasteiger partial charge in [0, 0.05) is 0 Å². The first-order chi connectivity index (χ1) is 18.2. The summed E-state index contributed by atoms with van der Waals surface area (Å²) in [4.78, 5) is 38.9. The summed E-state index contributed by atoms with van der Waals surface area (Å²) in [5.74, 6) is -1.45. The monoisotopic (exact) mass is 584 g/mol. The molecule has 4 aromatic carbocycles. The Morgan fingerprint density at radius 1 is 0.789 bits per heavy atom. The molecule has 0 aliphatic carbocycles. The van der Waals surface area contributed by atoms with Gasteiger partial charge in [-0.2, -0.15) is 0 Å². The molecule has 4 aromatic rings. The van der Waals surface area contributed by atoms with Gasteiger partial charge in [-0.1, -0.05) is 88.9 Å². The minimum absolute atomic E-state index is 0.143. The van der Waals surface area contributed by atoms with E-state index in [9.17, 15) is 14.4 Å². The van der Waals surface area contributed by atoms with Gasteiger partial charge in [-0.3, -0.25) is 14.9 Å². The number of nitrogens with one attached hydrogen (secondary N) is 1. The molecule has 1 heterocycles. The summed E-state index contributed by atoms with van der Waals surface area (Å²) in [5, 5.41) is 5.04. The number of carbonyl (C=O) groups is 3. The Morgan fingerprint density at radius 2 is 1.50 bits per heavy atom. The van der Waals surface area contributed by atoms with Crippen LogP contribution in [0.25, 0.3) is 16.8 Å². The fraction of sp³-hybridized carbons (Fsp3) is 0.0357. The van der Waals surface area contributed by atoms with E-state index in [-0.39, 0.29) is 43.7 Å². The first-order valence-corrected chi connectivity index (χ1v) is 12.7. The molecule has 0 bridgehead atoms. The normalized spacial score (nSPS) is 14.8. The molecule has 0 aromatic heterocycles. The van der Waals surface area contributed by atoms with Crippen molar-refractivity contribution in [3.63, 3.8) is 0 Å². The number of urea groups is 1. The van der Waals surface area contributed by atoms with Crippen molar-refractivity contribution in [2.75, 3.05) is 4.90 Å². The molecule has 0 spiro atoms. The number of carbonyl (C=O) groups excluding carboxylic acids is 3. The van der Waals surface area contributed by atoms with Crippen molar-refractivity contribution in [3.8, 4) is 5.75 Å². The number of benzene rings is 4. The van der Waals surface area contributed by atoms with Crippen LogP contribution >= 0.6 is 46.4 Å². The Kier molecular flexibility index (Phi) is 7.32. The minimum atomic E-state index is -0.913. The molecule has 0 unspecified atom stereocenters. The van der Waals surface area contributed by atoms with Crippen molar-refractivity contribution in [1.82, 2.24) is 5.32 Å². The largest absolute Gasteiger partial charge is 0.486 e. The zero-order valence-electron chi connectivity index (χ0n) is 19.3. The summed E-state index contributed by atoms with van der Waals surface area (Å²) in [6, 6.07) is 20.2. The second kappa shape index (κ2) is 10.7. The van der Waals surface area contributed by atoms with E-state index in [4.69, 9.17) is 51.1 Å². The van der Waals surface area contributed by atoms with Crippen LogP contribution in [-0.2, 0) is 16.2 Å². The Hall–Kier alpha value is -3.55. The molecule has 6 nitrogen and oxygen atoms in total. The zero-order chi connectivity index (χ0) is 27.0. The summed E-state index contributed by atoms with van der Waals surface area (Å²) in [6.07, 6.45) is 1.29. The standard InChI is InChI=1S/C28H16Cl4N2O4/c29-21-9-8-18(13-22(21)30)34-27(36)20(26(35)33-28(34)37)10-15-11-23(31)25(24(32)12-15)38-14-17-6-3-5-16-4-1-2-7-19(16)17/h1-13H,14H2,(H,33,35,37)/b20-10+. The average molecular weight is 586 g/mol. The molecular formula is C28H16Cl4N2O4. The summed E-state index contributed by atoms with van der Waals surface area (Å²) < 4.78 is 5.95. The highest BCUT2D eigenvalue weighted by Crippen LogP contribution is 2.36. The lowest BCUT2D eigenvalue weighted by molar-refractivity contribution is -0.122. The predicted molar refractivity (Wildman–Crippen MR) is 150 cm³/mol. The number of barbiturate groups is 1. The number of amides is 4. The number of rotatable bonds is 5. The van der Waals surface area contributed by atoms with Gasteiger partial charge in [-0.15, -0.1) is 0 Å². The van der Waals surface area contributed by atoms with Crippen LogP contribution in [0.2, 0.25) is 20.1 Å². The van der Waals surface area contributed by atoms with E-state index < -0.39 is 17.8 Å². The minimum Gasteiger partial charge on any atom is -0.486 e. The van der Waals surface area contributed by atoms with Gasteiger partial charge in [0.05, 0.1) is 25.8 Å². The number of imide groups is 2. The molecule has 1 saturated heterocycles. The van der Waals surface area contributed by atoms with Crippen LogP contribution in [0, 0.1) is 0 Å². The van der Waals surface area contributed by atoms with Crippen LogP contribution in [-0.4, -0.2) is 17.8 Å². The smallest absolute Gasteiger partial charge is 0.335 e. The lowest BCUT2D eigenvalue weighted by Crippen LogP contribution is -2.54. The lowest BCUT2D eigenvalue weighted by Gasteiger charge is -2.26. The zero-order valence-corrected chi connectivity index (χ0v) is 22.3. The molecule has 1 fully saturated rings. The van der Waals surface area contributed by atoms with Crippen LogP contribution in [0.5, 0.6) is 5.75 Å². The Bertz CT molecular complexity index is 1640. The molecule has 0 radical (unpaired) electrons. The maximum Gasteiger partial charge on any atom is 0.335 e. The van der Waals surface area contributed by atoms with Gasteiger partial charge < -0.3 is 4.74 Å². The molecule has 0 saturated carbocycles. The number of halogens is 4. The molecule has 190 valence electrons. The maximum absolute atomic E-state index is 13.2. The van der Waals surface area contributed by atoms with Crippen molar-refractivity contribution in [2.24, 2.45) is 0 Å². The van der Waals surface area contributed by atoms with Crippen molar-refractivity contribution in [2.45, 2.75) is 6.61 Å². The van der Waals surface area contributed by atoms with Gasteiger partial charge in [0.25, 0.3) is 11.8 Å². The number of nitrogens with zero attached hydrogens (tertiary/aromatic N) is 1. The van der Waals surface area contributed by atoms with E-state index in [0.717, 1.165) is 21.2 Å². The number of hydrogen-bond acceptors (Lipinski definition) is 4. The summed E-state index contributed by atoms with van der Waals surface area (Å²) in [6.45, 7) is 0.225.